The second-order valence-electron chi connectivity index (χ2n) is 4.49. The zero-order valence-electron chi connectivity index (χ0n) is 10.6. The van der Waals surface area contributed by atoms with Crippen LogP contribution in [0.25, 0.3) is 22.3 Å². The van der Waals surface area contributed by atoms with Gasteiger partial charge in [-0.2, -0.15) is 18.4 Å². The number of nitrogens with zero attached hydrogens (tertiary/aromatic N) is 1. The van der Waals surface area contributed by atoms with Crippen molar-refractivity contribution in [1.82, 2.24) is 0 Å². The first-order valence-electron chi connectivity index (χ1n) is 6.10. The van der Waals surface area contributed by atoms with Gasteiger partial charge in [0.1, 0.15) is 16.9 Å². The van der Waals surface area contributed by atoms with Gasteiger partial charge < -0.3 is 4.42 Å². The standard InChI is InChI=1S/C16H8F3NO/c17-16(18,19)14-12-8-10(9-20)6-7-13(12)21-15(14)11-4-2-1-3-5-11/h1-8H. The number of fused-ring (bicyclic) bond motifs is 1. The van der Waals surface area contributed by atoms with Crippen LogP contribution in [0.5, 0.6) is 0 Å². The Morgan fingerprint density at radius 3 is 2.33 bits per heavy atom. The number of halogens is 3. The van der Waals surface area contributed by atoms with E-state index in [1.165, 1.54) is 18.2 Å². The van der Waals surface area contributed by atoms with E-state index < -0.39 is 11.7 Å². The minimum Gasteiger partial charge on any atom is -0.455 e. The third-order valence-electron chi connectivity index (χ3n) is 3.14. The maximum absolute atomic E-state index is 13.4. The van der Waals surface area contributed by atoms with Crippen LogP contribution < -0.4 is 0 Å². The summed E-state index contributed by atoms with van der Waals surface area (Å²) in [5, 5.41) is 8.76. The van der Waals surface area contributed by atoms with Crippen molar-refractivity contribution in [3.05, 3.63) is 59.7 Å². The fourth-order valence-electron chi connectivity index (χ4n) is 2.24. The van der Waals surface area contributed by atoms with Crippen molar-refractivity contribution in [2.45, 2.75) is 6.18 Å². The Morgan fingerprint density at radius 1 is 1.00 bits per heavy atom. The summed E-state index contributed by atoms with van der Waals surface area (Å²) in [4.78, 5) is 0. The van der Waals surface area contributed by atoms with Crippen molar-refractivity contribution >= 4 is 11.0 Å². The van der Waals surface area contributed by atoms with Gasteiger partial charge in [-0.05, 0) is 18.2 Å². The highest BCUT2D eigenvalue weighted by atomic mass is 19.4. The van der Waals surface area contributed by atoms with E-state index in [4.69, 9.17) is 9.68 Å². The number of hydrogen-bond acceptors (Lipinski definition) is 2. The number of rotatable bonds is 1. The molecule has 0 N–H and O–H groups in total. The summed E-state index contributed by atoms with van der Waals surface area (Å²) < 4.78 is 45.6. The molecule has 21 heavy (non-hydrogen) atoms. The molecule has 0 radical (unpaired) electrons. The van der Waals surface area contributed by atoms with E-state index in [-0.39, 0.29) is 22.3 Å². The summed E-state index contributed by atoms with van der Waals surface area (Å²) >= 11 is 0. The molecule has 0 amide bonds. The van der Waals surface area contributed by atoms with Crippen LogP contribution in [-0.4, -0.2) is 0 Å². The second kappa shape index (κ2) is 4.67. The van der Waals surface area contributed by atoms with E-state index in [0.717, 1.165) is 0 Å². The summed E-state index contributed by atoms with van der Waals surface area (Å²) in [7, 11) is 0. The van der Waals surface area contributed by atoms with Crippen molar-refractivity contribution < 1.29 is 17.6 Å². The van der Waals surface area contributed by atoms with Crippen molar-refractivity contribution in [3.63, 3.8) is 0 Å². The molecule has 0 atom stereocenters. The number of nitriles is 1. The molecule has 2 aromatic carbocycles. The lowest BCUT2D eigenvalue weighted by Gasteiger charge is -2.07. The largest absolute Gasteiger partial charge is 0.455 e. The van der Waals surface area contributed by atoms with E-state index in [9.17, 15) is 13.2 Å². The monoisotopic (exact) mass is 287 g/mol. The number of benzene rings is 2. The van der Waals surface area contributed by atoms with Crippen LogP contribution in [0.1, 0.15) is 11.1 Å². The number of furan rings is 1. The molecule has 1 aromatic heterocycles. The summed E-state index contributed by atoms with van der Waals surface area (Å²) in [6.07, 6.45) is -4.56. The van der Waals surface area contributed by atoms with Gasteiger partial charge in [0.05, 0.1) is 11.6 Å². The minimum atomic E-state index is -4.56. The maximum atomic E-state index is 13.4. The lowest BCUT2D eigenvalue weighted by atomic mass is 10.0. The van der Waals surface area contributed by atoms with Gasteiger partial charge in [0.2, 0.25) is 0 Å². The normalized spacial score (nSPS) is 11.5. The van der Waals surface area contributed by atoms with Crippen molar-refractivity contribution in [3.8, 4) is 17.4 Å². The van der Waals surface area contributed by atoms with Crippen LogP contribution in [0.3, 0.4) is 0 Å². The molecule has 1 heterocycles. The topological polar surface area (TPSA) is 36.9 Å². The Labute approximate surface area is 118 Å². The SMILES string of the molecule is N#Cc1ccc2oc(-c3ccccc3)c(C(F)(F)F)c2c1. The first kappa shape index (κ1) is 13.3. The molecule has 0 unspecified atom stereocenters. The van der Waals surface area contributed by atoms with Crippen LogP contribution >= 0.6 is 0 Å². The van der Waals surface area contributed by atoms with E-state index >= 15 is 0 Å². The Kier molecular flexibility index (Phi) is 2.95. The predicted molar refractivity (Wildman–Crippen MR) is 71.4 cm³/mol. The van der Waals surface area contributed by atoms with E-state index in [1.54, 1.807) is 30.3 Å². The average molecular weight is 287 g/mol. The smallest absolute Gasteiger partial charge is 0.420 e. The molecule has 0 aliphatic carbocycles. The molecule has 0 spiro atoms. The fourth-order valence-corrected chi connectivity index (χ4v) is 2.24. The van der Waals surface area contributed by atoms with Crippen LogP contribution in [0.15, 0.2) is 52.9 Å². The van der Waals surface area contributed by atoms with Crippen LogP contribution in [0, 0.1) is 11.3 Å². The number of alkyl halides is 3. The van der Waals surface area contributed by atoms with Gasteiger partial charge in [-0.15, -0.1) is 0 Å². The van der Waals surface area contributed by atoms with E-state index in [1.807, 2.05) is 6.07 Å². The number of hydrogen-bond donors (Lipinski definition) is 0. The highest BCUT2D eigenvalue weighted by Crippen LogP contribution is 2.43. The summed E-state index contributed by atoms with van der Waals surface area (Å²) in [5.41, 5.74) is -0.228. The molecule has 0 fully saturated rings. The van der Waals surface area contributed by atoms with Crippen molar-refractivity contribution in [2.75, 3.05) is 0 Å². The molecule has 0 aliphatic rings. The highest BCUT2D eigenvalue weighted by Gasteiger charge is 2.39. The average Bonchev–Trinajstić information content (AvgIpc) is 2.86. The summed E-state index contributed by atoms with van der Waals surface area (Å²) in [6, 6.07) is 14.0. The van der Waals surface area contributed by atoms with Gasteiger partial charge in [0.25, 0.3) is 0 Å². The summed E-state index contributed by atoms with van der Waals surface area (Å²) in [6.45, 7) is 0. The Balaban J connectivity index is 2.38. The van der Waals surface area contributed by atoms with Gasteiger partial charge in [0.15, 0.2) is 0 Å². The van der Waals surface area contributed by atoms with Crippen molar-refractivity contribution in [1.29, 1.82) is 5.26 Å². The zero-order chi connectivity index (χ0) is 15.0. The molecular weight excluding hydrogens is 279 g/mol. The van der Waals surface area contributed by atoms with E-state index in [0.29, 0.717) is 5.56 Å². The molecule has 104 valence electrons. The highest BCUT2D eigenvalue weighted by molar-refractivity contribution is 5.89. The van der Waals surface area contributed by atoms with Gasteiger partial charge in [-0.1, -0.05) is 30.3 Å². The Hall–Kier alpha value is -2.74. The third kappa shape index (κ3) is 2.25. The molecule has 0 aliphatic heterocycles. The van der Waals surface area contributed by atoms with Crippen LogP contribution in [-0.2, 0) is 6.18 Å². The molecule has 3 aromatic rings. The molecule has 0 bridgehead atoms. The zero-order valence-corrected chi connectivity index (χ0v) is 10.6. The molecule has 0 saturated heterocycles. The van der Waals surface area contributed by atoms with Gasteiger partial charge >= 0.3 is 6.18 Å². The first-order valence-corrected chi connectivity index (χ1v) is 6.10. The third-order valence-corrected chi connectivity index (χ3v) is 3.14. The van der Waals surface area contributed by atoms with E-state index in [2.05, 4.69) is 0 Å². The van der Waals surface area contributed by atoms with Crippen LogP contribution in [0.2, 0.25) is 0 Å². The fraction of sp³-hybridized carbons (Fsp3) is 0.0625. The molecule has 0 saturated carbocycles. The Morgan fingerprint density at radius 2 is 1.71 bits per heavy atom. The Bertz CT molecular complexity index is 842. The molecule has 5 heteroatoms. The predicted octanol–water partition coefficient (Wildman–Crippen LogP) is 4.99. The summed E-state index contributed by atoms with van der Waals surface area (Å²) in [5.74, 6) is -0.229. The minimum absolute atomic E-state index is 0.0968. The van der Waals surface area contributed by atoms with Crippen molar-refractivity contribution in [2.24, 2.45) is 0 Å². The van der Waals surface area contributed by atoms with Gasteiger partial charge in [-0.25, -0.2) is 0 Å². The molecule has 3 rings (SSSR count). The second-order valence-corrected chi connectivity index (χ2v) is 4.49. The lowest BCUT2D eigenvalue weighted by molar-refractivity contribution is -0.136. The lowest BCUT2D eigenvalue weighted by Crippen LogP contribution is -2.05. The van der Waals surface area contributed by atoms with Gasteiger partial charge in [-0.3, -0.25) is 0 Å². The molecular formula is C16H8F3NO. The van der Waals surface area contributed by atoms with Gasteiger partial charge in [0, 0.05) is 10.9 Å². The first-order chi connectivity index (χ1) is 10.0. The molecule has 2 nitrogen and oxygen atoms in total. The van der Waals surface area contributed by atoms with Crippen LogP contribution in [0.4, 0.5) is 13.2 Å². The quantitative estimate of drug-likeness (QED) is 0.632. The maximum Gasteiger partial charge on any atom is 0.420 e.